The average molecular weight is 543 g/mol. The number of hydrogen-bond acceptors (Lipinski definition) is 10. The second-order valence-electron chi connectivity index (χ2n) is 9.18. The molecule has 1 aromatic carbocycles. The first-order valence-corrected chi connectivity index (χ1v) is 14.2. The molecule has 2 fully saturated rings. The lowest BCUT2D eigenvalue weighted by Gasteiger charge is -2.15. The molecule has 2 aliphatic rings. The van der Waals surface area contributed by atoms with Gasteiger partial charge in [-0.1, -0.05) is 35.9 Å². The molecule has 0 unspecified atom stereocenters. The molecule has 3 aromatic heterocycles. The number of pyridine rings is 1. The van der Waals surface area contributed by atoms with Crippen LogP contribution in [0.3, 0.4) is 0 Å². The van der Waals surface area contributed by atoms with Crippen molar-refractivity contribution in [3.8, 4) is 28.5 Å². The highest BCUT2D eigenvalue weighted by molar-refractivity contribution is 7.92. The van der Waals surface area contributed by atoms with Gasteiger partial charge >= 0.3 is 0 Å². The molecule has 2 saturated heterocycles. The van der Waals surface area contributed by atoms with Crippen molar-refractivity contribution in [2.24, 2.45) is 4.36 Å². The number of imidazole rings is 1. The second kappa shape index (κ2) is 9.30. The largest absolute Gasteiger partial charge is 0.456 e. The van der Waals surface area contributed by atoms with Gasteiger partial charge in [0, 0.05) is 33.4 Å². The third-order valence-electron chi connectivity index (χ3n) is 6.07. The molecule has 0 radical (unpaired) electrons. The number of halogens is 1. The van der Waals surface area contributed by atoms with Crippen molar-refractivity contribution in [1.82, 2.24) is 25.1 Å². The molecule has 0 aliphatic carbocycles. The first-order valence-electron chi connectivity index (χ1n) is 11.5. The van der Waals surface area contributed by atoms with Gasteiger partial charge in [-0.2, -0.15) is 9.35 Å². The molecule has 0 amide bonds. The molecule has 2 N–H and O–H groups in total. The van der Waals surface area contributed by atoms with Crippen molar-refractivity contribution in [3.63, 3.8) is 0 Å². The van der Waals surface area contributed by atoms with Gasteiger partial charge in [-0.05, 0) is 18.2 Å². The summed E-state index contributed by atoms with van der Waals surface area (Å²) in [6.45, 7) is 0.526. The third kappa shape index (κ3) is 4.90. The third-order valence-corrected chi connectivity index (χ3v) is 6.98. The molecule has 11 nitrogen and oxygen atoms in total. The Hall–Kier alpha value is -3.16. The lowest BCUT2D eigenvalue weighted by molar-refractivity contribution is 0.00706. The zero-order valence-electron chi connectivity index (χ0n) is 19.9. The number of H-pyrrole nitrogens is 1. The van der Waals surface area contributed by atoms with E-state index in [0.29, 0.717) is 40.0 Å². The standard InChI is InChI=1S/C24H23ClN6O5S/c1-37(2,33)31-19-8-7-15(29-30-19)12-3-5-13(6-4-12)20-14(25)9-16-23(27-20)28-24(26-16)36-18-11-35-21-17(32)10-34-22(18)21/h3-9,17-18,21-22,32H,10-11H2,1-2H3,(H,26,27,28)/t17-,18-,21-,22-/m1/s1. The van der Waals surface area contributed by atoms with Crippen LogP contribution in [0.4, 0.5) is 5.82 Å². The van der Waals surface area contributed by atoms with E-state index in [1.807, 2.05) is 24.3 Å². The zero-order chi connectivity index (χ0) is 25.7. The van der Waals surface area contributed by atoms with E-state index in [0.717, 1.165) is 11.1 Å². The number of hydrogen-bond donors (Lipinski definition) is 2. The number of rotatable bonds is 5. The van der Waals surface area contributed by atoms with Crippen LogP contribution in [0, 0.1) is 0 Å². The SMILES string of the molecule is CS(C)(=O)=Nc1ccc(-c2ccc(-c3nc4nc(O[C@@H]5CO[C@H]6[C@@H]5OC[C@H]6O)[nH]c4cc3Cl)cc2)nn1. The van der Waals surface area contributed by atoms with Crippen LogP contribution in [0.1, 0.15) is 0 Å². The average Bonchev–Trinajstić information content (AvgIpc) is 3.55. The summed E-state index contributed by atoms with van der Waals surface area (Å²) in [7, 11) is -2.30. The predicted molar refractivity (Wildman–Crippen MR) is 137 cm³/mol. The summed E-state index contributed by atoms with van der Waals surface area (Å²) in [6.07, 6.45) is 1.33. The number of aromatic amines is 1. The molecule has 0 bridgehead atoms. The van der Waals surface area contributed by atoms with E-state index in [2.05, 4.69) is 29.5 Å². The van der Waals surface area contributed by atoms with E-state index in [-0.39, 0.29) is 30.9 Å². The van der Waals surface area contributed by atoms with Crippen LogP contribution in [-0.4, -0.2) is 84.6 Å². The lowest BCUT2D eigenvalue weighted by atomic mass is 10.1. The van der Waals surface area contributed by atoms with Gasteiger partial charge < -0.3 is 24.3 Å². The van der Waals surface area contributed by atoms with Gasteiger partial charge in [-0.15, -0.1) is 10.2 Å². The van der Waals surface area contributed by atoms with Crippen LogP contribution >= 0.6 is 11.6 Å². The summed E-state index contributed by atoms with van der Waals surface area (Å²) in [4.78, 5) is 12.2. The molecular formula is C24H23ClN6O5S. The molecular weight excluding hydrogens is 520 g/mol. The summed E-state index contributed by atoms with van der Waals surface area (Å²) in [5, 5.41) is 18.6. The van der Waals surface area contributed by atoms with Gasteiger partial charge in [-0.3, -0.25) is 0 Å². The van der Waals surface area contributed by atoms with Crippen LogP contribution in [0.15, 0.2) is 46.8 Å². The molecule has 4 aromatic rings. The summed E-state index contributed by atoms with van der Waals surface area (Å²) in [5.41, 5.74) is 3.97. The Morgan fingerprint density at radius 2 is 1.81 bits per heavy atom. The number of aliphatic hydroxyl groups is 1. The molecule has 37 heavy (non-hydrogen) atoms. The maximum Gasteiger partial charge on any atom is 0.296 e. The van der Waals surface area contributed by atoms with E-state index in [9.17, 15) is 9.32 Å². The maximum absolute atomic E-state index is 11.8. The number of nitrogens with zero attached hydrogens (tertiary/aromatic N) is 5. The number of aliphatic hydroxyl groups excluding tert-OH is 1. The van der Waals surface area contributed by atoms with Crippen molar-refractivity contribution in [2.45, 2.75) is 24.4 Å². The first-order chi connectivity index (χ1) is 17.7. The second-order valence-corrected chi connectivity index (χ2v) is 12.1. The summed E-state index contributed by atoms with van der Waals surface area (Å²) < 4.78 is 33.1. The Balaban J connectivity index is 1.22. The summed E-state index contributed by atoms with van der Waals surface area (Å²) in [6, 6.07) is 13.1. The minimum absolute atomic E-state index is 0.225. The molecule has 4 atom stereocenters. The van der Waals surface area contributed by atoms with Gasteiger partial charge in [-0.25, -0.2) is 9.19 Å². The summed E-state index contributed by atoms with van der Waals surface area (Å²) in [5.74, 6) is 0.329. The smallest absolute Gasteiger partial charge is 0.296 e. The monoisotopic (exact) mass is 542 g/mol. The highest BCUT2D eigenvalue weighted by atomic mass is 35.5. The highest BCUT2D eigenvalue weighted by Crippen LogP contribution is 2.33. The number of fused-ring (bicyclic) bond motifs is 2. The van der Waals surface area contributed by atoms with Gasteiger partial charge in [0.1, 0.15) is 18.3 Å². The van der Waals surface area contributed by atoms with E-state index in [1.54, 1.807) is 30.7 Å². The van der Waals surface area contributed by atoms with Crippen molar-refractivity contribution in [1.29, 1.82) is 0 Å². The van der Waals surface area contributed by atoms with Crippen LogP contribution in [-0.2, 0) is 19.2 Å². The fourth-order valence-corrected chi connectivity index (χ4v) is 5.20. The van der Waals surface area contributed by atoms with E-state index >= 15 is 0 Å². The van der Waals surface area contributed by atoms with Crippen molar-refractivity contribution < 1.29 is 23.5 Å². The van der Waals surface area contributed by atoms with Gasteiger partial charge in [0.2, 0.25) is 0 Å². The highest BCUT2D eigenvalue weighted by Gasteiger charge is 2.48. The molecule has 5 heterocycles. The zero-order valence-corrected chi connectivity index (χ0v) is 21.4. The minimum atomic E-state index is -2.30. The van der Waals surface area contributed by atoms with Crippen molar-refractivity contribution in [2.75, 3.05) is 25.7 Å². The minimum Gasteiger partial charge on any atom is -0.456 e. The molecule has 0 saturated carbocycles. The first kappa shape index (κ1) is 24.2. The van der Waals surface area contributed by atoms with Gasteiger partial charge in [0.25, 0.3) is 6.01 Å². The Bertz CT molecular complexity index is 1580. The Labute approximate surface area is 217 Å². The van der Waals surface area contributed by atoms with Crippen molar-refractivity contribution in [3.05, 3.63) is 47.5 Å². The fraction of sp³-hybridized carbons (Fsp3) is 0.333. The van der Waals surface area contributed by atoms with E-state index in [1.165, 1.54) is 0 Å². The number of benzene rings is 1. The van der Waals surface area contributed by atoms with Crippen molar-refractivity contribution >= 4 is 38.3 Å². The topological polar surface area (TPSA) is 145 Å². The summed E-state index contributed by atoms with van der Waals surface area (Å²) >= 11 is 6.56. The van der Waals surface area contributed by atoms with Gasteiger partial charge in [0.15, 0.2) is 17.6 Å². The number of nitrogens with one attached hydrogen (secondary N) is 1. The van der Waals surface area contributed by atoms with Crippen LogP contribution in [0.2, 0.25) is 5.02 Å². The number of ether oxygens (including phenoxy) is 3. The Morgan fingerprint density at radius 3 is 2.54 bits per heavy atom. The van der Waals surface area contributed by atoms with Crippen LogP contribution in [0.5, 0.6) is 6.01 Å². The van der Waals surface area contributed by atoms with Crippen LogP contribution < -0.4 is 4.74 Å². The quantitative estimate of drug-likeness (QED) is 0.388. The predicted octanol–water partition coefficient (Wildman–Crippen LogP) is 3.00. The Kier molecular flexibility index (Phi) is 6.08. The number of aromatic nitrogens is 5. The van der Waals surface area contributed by atoms with Gasteiger partial charge in [0.05, 0.1) is 35.1 Å². The Morgan fingerprint density at radius 1 is 1.05 bits per heavy atom. The van der Waals surface area contributed by atoms with E-state index < -0.39 is 15.8 Å². The molecule has 192 valence electrons. The van der Waals surface area contributed by atoms with E-state index in [4.69, 9.17) is 25.8 Å². The molecule has 2 aliphatic heterocycles. The fourth-order valence-electron chi connectivity index (χ4n) is 4.39. The molecule has 0 spiro atoms. The maximum atomic E-state index is 11.8. The van der Waals surface area contributed by atoms with Crippen LogP contribution in [0.25, 0.3) is 33.7 Å². The molecule has 6 rings (SSSR count). The molecule has 13 heteroatoms. The lowest BCUT2D eigenvalue weighted by Crippen LogP contribution is -2.34. The normalized spacial score (nSPS) is 23.4.